The van der Waals surface area contributed by atoms with Crippen molar-refractivity contribution in [3.8, 4) is 0 Å². The third-order valence-corrected chi connectivity index (χ3v) is 2.85. The average Bonchev–Trinajstić information content (AvgIpc) is 2.46. The second-order valence-corrected chi connectivity index (χ2v) is 5.44. The van der Waals surface area contributed by atoms with Crippen LogP contribution < -0.4 is 16.4 Å². The SMILES string of the molecule is COCCNC(=NCC(C)(C)CN)Nc1ccccc1. The number of ether oxygens (including phenoxy) is 1. The summed E-state index contributed by atoms with van der Waals surface area (Å²) in [5.74, 6) is 0.745. The Kier molecular flexibility index (Phi) is 7.04. The van der Waals surface area contributed by atoms with E-state index >= 15 is 0 Å². The summed E-state index contributed by atoms with van der Waals surface area (Å²) in [6.45, 7) is 6.82. The van der Waals surface area contributed by atoms with E-state index in [0.29, 0.717) is 26.2 Å². The van der Waals surface area contributed by atoms with Crippen molar-refractivity contribution in [2.75, 3.05) is 38.7 Å². The molecule has 0 aliphatic carbocycles. The van der Waals surface area contributed by atoms with Gasteiger partial charge in [0.2, 0.25) is 0 Å². The zero-order valence-corrected chi connectivity index (χ0v) is 12.6. The fourth-order valence-electron chi connectivity index (χ4n) is 1.43. The van der Waals surface area contributed by atoms with Crippen molar-refractivity contribution in [2.24, 2.45) is 16.1 Å². The van der Waals surface area contributed by atoms with Crippen molar-refractivity contribution >= 4 is 11.6 Å². The van der Waals surface area contributed by atoms with E-state index in [1.54, 1.807) is 7.11 Å². The van der Waals surface area contributed by atoms with Crippen LogP contribution in [0.25, 0.3) is 0 Å². The number of hydrogen-bond donors (Lipinski definition) is 3. The van der Waals surface area contributed by atoms with Crippen LogP contribution in [-0.4, -0.2) is 39.3 Å². The monoisotopic (exact) mass is 278 g/mol. The van der Waals surface area contributed by atoms with Crippen LogP contribution in [0.3, 0.4) is 0 Å². The Bertz CT molecular complexity index is 404. The minimum Gasteiger partial charge on any atom is -0.383 e. The first-order valence-electron chi connectivity index (χ1n) is 6.87. The number of hydrogen-bond acceptors (Lipinski definition) is 3. The van der Waals surface area contributed by atoms with Gasteiger partial charge in [-0.1, -0.05) is 32.0 Å². The Morgan fingerprint density at radius 1 is 1.30 bits per heavy atom. The maximum Gasteiger partial charge on any atom is 0.195 e. The van der Waals surface area contributed by atoms with Crippen LogP contribution in [0, 0.1) is 5.41 Å². The van der Waals surface area contributed by atoms with Gasteiger partial charge in [0.05, 0.1) is 6.61 Å². The summed E-state index contributed by atoms with van der Waals surface area (Å²) < 4.78 is 5.04. The van der Waals surface area contributed by atoms with E-state index in [-0.39, 0.29) is 5.41 Å². The van der Waals surface area contributed by atoms with E-state index < -0.39 is 0 Å². The molecular weight excluding hydrogens is 252 g/mol. The van der Waals surface area contributed by atoms with E-state index in [2.05, 4.69) is 29.5 Å². The van der Waals surface area contributed by atoms with Gasteiger partial charge in [-0.3, -0.25) is 4.99 Å². The van der Waals surface area contributed by atoms with Gasteiger partial charge in [-0.15, -0.1) is 0 Å². The molecule has 1 aromatic rings. The van der Waals surface area contributed by atoms with Crippen molar-refractivity contribution in [1.29, 1.82) is 0 Å². The van der Waals surface area contributed by atoms with Gasteiger partial charge < -0.3 is 21.1 Å². The normalized spacial score (nSPS) is 12.3. The Balaban J connectivity index is 2.66. The quantitative estimate of drug-likeness (QED) is 0.403. The fraction of sp³-hybridized carbons (Fsp3) is 0.533. The molecule has 0 spiro atoms. The minimum absolute atomic E-state index is 0.00739. The first-order valence-corrected chi connectivity index (χ1v) is 6.87. The molecule has 5 nitrogen and oxygen atoms in total. The number of nitrogens with two attached hydrogens (primary N) is 1. The van der Waals surface area contributed by atoms with Crippen LogP contribution in [0.15, 0.2) is 35.3 Å². The fourth-order valence-corrected chi connectivity index (χ4v) is 1.43. The number of guanidine groups is 1. The molecule has 112 valence electrons. The molecule has 0 saturated carbocycles. The summed E-state index contributed by atoms with van der Waals surface area (Å²) in [4.78, 5) is 4.59. The molecule has 4 N–H and O–H groups in total. The van der Waals surface area contributed by atoms with Gasteiger partial charge in [-0.05, 0) is 24.1 Å². The number of aliphatic imine (C=N–C) groups is 1. The standard InChI is InChI=1S/C15H26N4O/c1-15(2,11-16)12-18-14(17-9-10-20-3)19-13-7-5-4-6-8-13/h4-8H,9-12,16H2,1-3H3,(H2,17,18,19). The van der Waals surface area contributed by atoms with Crippen LogP contribution in [0.5, 0.6) is 0 Å². The Morgan fingerprint density at radius 2 is 2.00 bits per heavy atom. The van der Waals surface area contributed by atoms with E-state index in [0.717, 1.165) is 11.6 Å². The lowest BCUT2D eigenvalue weighted by Crippen LogP contribution is -2.35. The summed E-state index contributed by atoms with van der Waals surface area (Å²) in [6, 6.07) is 9.96. The molecule has 0 fully saturated rings. The van der Waals surface area contributed by atoms with Crippen molar-refractivity contribution in [3.05, 3.63) is 30.3 Å². The maximum absolute atomic E-state index is 5.74. The molecule has 0 heterocycles. The van der Waals surface area contributed by atoms with Crippen LogP contribution in [0.1, 0.15) is 13.8 Å². The smallest absolute Gasteiger partial charge is 0.195 e. The van der Waals surface area contributed by atoms with Crippen LogP contribution >= 0.6 is 0 Å². The summed E-state index contributed by atoms with van der Waals surface area (Å²) in [5.41, 5.74) is 6.73. The largest absolute Gasteiger partial charge is 0.383 e. The maximum atomic E-state index is 5.74. The van der Waals surface area contributed by atoms with Crippen LogP contribution in [0.2, 0.25) is 0 Å². The molecule has 0 saturated heterocycles. The Labute approximate surface area is 121 Å². The third kappa shape index (κ3) is 6.54. The second kappa shape index (κ2) is 8.55. The lowest BCUT2D eigenvalue weighted by molar-refractivity contribution is 0.204. The highest BCUT2D eigenvalue weighted by Gasteiger charge is 2.15. The van der Waals surface area contributed by atoms with E-state index in [4.69, 9.17) is 10.5 Å². The van der Waals surface area contributed by atoms with Crippen LogP contribution in [0.4, 0.5) is 5.69 Å². The number of para-hydroxylation sites is 1. The molecule has 0 unspecified atom stereocenters. The van der Waals surface area contributed by atoms with Crippen molar-refractivity contribution in [2.45, 2.75) is 13.8 Å². The lowest BCUT2D eigenvalue weighted by atomic mass is 9.94. The van der Waals surface area contributed by atoms with E-state index in [1.807, 2.05) is 30.3 Å². The van der Waals surface area contributed by atoms with Gasteiger partial charge in [0.25, 0.3) is 0 Å². The molecule has 0 aliphatic rings. The summed E-state index contributed by atoms with van der Waals surface area (Å²) in [5, 5.41) is 6.52. The third-order valence-electron chi connectivity index (χ3n) is 2.85. The van der Waals surface area contributed by atoms with Gasteiger partial charge >= 0.3 is 0 Å². The Hall–Kier alpha value is -1.59. The second-order valence-electron chi connectivity index (χ2n) is 5.44. The molecule has 1 aromatic carbocycles. The Morgan fingerprint density at radius 3 is 2.60 bits per heavy atom. The summed E-state index contributed by atoms with van der Waals surface area (Å²) in [6.07, 6.45) is 0. The predicted octanol–water partition coefficient (Wildman–Crippen LogP) is 1.68. The highest BCUT2D eigenvalue weighted by atomic mass is 16.5. The zero-order valence-electron chi connectivity index (χ0n) is 12.6. The molecule has 0 aliphatic heterocycles. The highest BCUT2D eigenvalue weighted by molar-refractivity contribution is 5.93. The number of nitrogens with zero attached hydrogens (tertiary/aromatic N) is 1. The molecule has 0 bridgehead atoms. The predicted molar refractivity (Wildman–Crippen MR) is 85.1 cm³/mol. The molecule has 5 heteroatoms. The van der Waals surface area contributed by atoms with E-state index in [1.165, 1.54) is 0 Å². The molecule has 0 atom stereocenters. The molecule has 0 amide bonds. The van der Waals surface area contributed by atoms with Gasteiger partial charge in [0.15, 0.2) is 5.96 Å². The van der Waals surface area contributed by atoms with Gasteiger partial charge in [0, 0.05) is 25.9 Å². The van der Waals surface area contributed by atoms with Gasteiger partial charge in [-0.2, -0.15) is 0 Å². The van der Waals surface area contributed by atoms with Crippen molar-refractivity contribution < 1.29 is 4.74 Å². The number of benzene rings is 1. The number of nitrogens with one attached hydrogen (secondary N) is 2. The summed E-state index contributed by atoms with van der Waals surface area (Å²) in [7, 11) is 1.68. The van der Waals surface area contributed by atoms with Crippen LogP contribution in [-0.2, 0) is 4.74 Å². The zero-order chi connectivity index (χ0) is 14.8. The average molecular weight is 278 g/mol. The van der Waals surface area contributed by atoms with Gasteiger partial charge in [-0.25, -0.2) is 0 Å². The molecule has 0 aromatic heterocycles. The summed E-state index contributed by atoms with van der Waals surface area (Å²) >= 11 is 0. The molecule has 20 heavy (non-hydrogen) atoms. The number of anilines is 1. The number of methoxy groups -OCH3 is 1. The first-order chi connectivity index (χ1) is 9.57. The van der Waals surface area contributed by atoms with Gasteiger partial charge in [0.1, 0.15) is 0 Å². The van der Waals surface area contributed by atoms with Crippen molar-refractivity contribution in [1.82, 2.24) is 5.32 Å². The first kappa shape index (κ1) is 16.5. The minimum atomic E-state index is -0.00739. The van der Waals surface area contributed by atoms with Crippen molar-refractivity contribution in [3.63, 3.8) is 0 Å². The highest BCUT2D eigenvalue weighted by Crippen LogP contribution is 2.13. The molecule has 0 radical (unpaired) electrons. The molecular formula is C15H26N4O. The topological polar surface area (TPSA) is 71.7 Å². The van der Waals surface area contributed by atoms with E-state index in [9.17, 15) is 0 Å². The lowest BCUT2D eigenvalue weighted by Gasteiger charge is -2.21. The number of rotatable bonds is 7. The molecule has 1 rings (SSSR count).